The zero-order valence-electron chi connectivity index (χ0n) is 17.0. The molecule has 0 amide bonds. The summed E-state index contributed by atoms with van der Waals surface area (Å²) in [6.07, 6.45) is 1.84. The molecule has 1 aliphatic heterocycles. The number of nitrogens with one attached hydrogen (secondary N) is 2. The molecule has 8 heteroatoms. The van der Waals surface area contributed by atoms with Crippen LogP contribution in [0.1, 0.15) is 5.69 Å². The molecule has 0 saturated carbocycles. The second kappa shape index (κ2) is 9.21. The van der Waals surface area contributed by atoms with Crippen LogP contribution in [0.5, 0.6) is 17.2 Å². The van der Waals surface area contributed by atoms with Gasteiger partial charge in [-0.2, -0.15) is 5.10 Å². The molecule has 0 aliphatic carbocycles. The summed E-state index contributed by atoms with van der Waals surface area (Å²) in [5, 5.41) is 11.2. The molecule has 0 saturated heterocycles. The fourth-order valence-electron chi connectivity index (χ4n) is 3.10. The molecule has 156 valence electrons. The van der Waals surface area contributed by atoms with E-state index in [9.17, 15) is 0 Å². The maximum absolute atomic E-state index is 5.96. The third kappa shape index (κ3) is 4.65. The van der Waals surface area contributed by atoms with E-state index in [0.717, 1.165) is 28.6 Å². The Morgan fingerprint density at radius 2 is 1.93 bits per heavy atom. The number of rotatable bonds is 6. The molecule has 4 rings (SSSR count). The Morgan fingerprint density at radius 3 is 2.70 bits per heavy atom. The van der Waals surface area contributed by atoms with Crippen molar-refractivity contribution in [3.8, 4) is 22.9 Å². The summed E-state index contributed by atoms with van der Waals surface area (Å²) in [6.45, 7) is 1.62. The van der Waals surface area contributed by atoms with Crippen molar-refractivity contribution in [1.82, 2.24) is 20.4 Å². The standard InChI is InChI=1S/C22H25N5O3/c1-23-22(25-14-19-15-29-20-5-3-4-6-21(20)30-19)24-13-16-11-12-27(26-16)17-7-9-18(28-2)10-8-17/h3-12,19H,13-15H2,1-2H3,(H2,23,24,25). The van der Waals surface area contributed by atoms with Gasteiger partial charge in [0.05, 0.1) is 31.6 Å². The lowest BCUT2D eigenvalue weighted by Gasteiger charge is -2.27. The van der Waals surface area contributed by atoms with Gasteiger partial charge >= 0.3 is 0 Å². The van der Waals surface area contributed by atoms with Gasteiger partial charge in [0, 0.05) is 13.2 Å². The number of ether oxygens (including phenoxy) is 3. The van der Waals surface area contributed by atoms with Crippen molar-refractivity contribution in [2.24, 2.45) is 4.99 Å². The molecule has 0 bridgehead atoms. The first-order chi connectivity index (χ1) is 14.7. The van der Waals surface area contributed by atoms with Gasteiger partial charge in [-0.15, -0.1) is 0 Å². The summed E-state index contributed by atoms with van der Waals surface area (Å²) in [4.78, 5) is 4.27. The highest BCUT2D eigenvalue weighted by Gasteiger charge is 2.20. The quantitative estimate of drug-likeness (QED) is 0.482. The minimum atomic E-state index is -0.0901. The number of aromatic nitrogens is 2. The SMILES string of the molecule is CN=C(NCc1ccn(-c2ccc(OC)cc2)n1)NCC1COc2ccccc2O1. The fraction of sp³-hybridized carbons (Fsp3) is 0.273. The van der Waals surface area contributed by atoms with E-state index >= 15 is 0 Å². The third-order valence-corrected chi connectivity index (χ3v) is 4.71. The van der Waals surface area contributed by atoms with Crippen LogP contribution < -0.4 is 24.8 Å². The Morgan fingerprint density at radius 1 is 1.13 bits per heavy atom. The van der Waals surface area contributed by atoms with Gasteiger partial charge in [-0.05, 0) is 42.5 Å². The summed E-state index contributed by atoms with van der Waals surface area (Å²) in [7, 11) is 3.39. The van der Waals surface area contributed by atoms with E-state index in [1.807, 2.05) is 65.5 Å². The largest absolute Gasteiger partial charge is 0.497 e. The predicted octanol–water partition coefficient (Wildman–Crippen LogP) is 2.39. The van der Waals surface area contributed by atoms with Gasteiger partial charge in [-0.1, -0.05) is 12.1 Å². The van der Waals surface area contributed by atoms with Gasteiger partial charge in [-0.25, -0.2) is 4.68 Å². The molecular weight excluding hydrogens is 382 g/mol. The Bertz CT molecular complexity index is 1000. The Balaban J connectivity index is 1.27. The average molecular weight is 407 g/mol. The Labute approximate surface area is 175 Å². The monoisotopic (exact) mass is 407 g/mol. The fourth-order valence-corrected chi connectivity index (χ4v) is 3.10. The van der Waals surface area contributed by atoms with Crippen LogP contribution >= 0.6 is 0 Å². The summed E-state index contributed by atoms with van der Waals surface area (Å²) in [5.41, 5.74) is 1.87. The molecule has 1 atom stereocenters. The molecule has 2 heterocycles. The molecule has 8 nitrogen and oxygen atoms in total. The minimum absolute atomic E-state index is 0.0901. The Kier molecular flexibility index (Phi) is 6.03. The molecule has 1 unspecified atom stereocenters. The predicted molar refractivity (Wildman–Crippen MR) is 115 cm³/mol. The first-order valence-electron chi connectivity index (χ1n) is 9.77. The van der Waals surface area contributed by atoms with Gasteiger partial charge < -0.3 is 24.8 Å². The number of guanidine groups is 1. The number of fused-ring (bicyclic) bond motifs is 1. The van der Waals surface area contributed by atoms with Gasteiger partial charge in [0.1, 0.15) is 18.5 Å². The van der Waals surface area contributed by atoms with Gasteiger partial charge in [-0.3, -0.25) is 4.99 Å². The van der Waals surface area contributed by atoms with Crippen LogP contribution in [0, 0.1) is 0 Å². The normalized spacial score (nSPS) is 15.5. The molecule has 0 spiro atoms. The van der Waals surface area contributed by atoms with E-state index in [1.165, 1.54) is 0 Å². The van der Waals surface area contributed by atoms with Crippen molar-refractivity contribution in [2.75, 3.05) is 27.3 Å². The molecule has 30 heavy (non-hydrogen) atoms. The van der Waals surface area contributed by atoms with Crippen LogP contribution in [0.2, 0.25) is 0 Å². The first kappa shape index (κ1) is 19.6. The van der Waals surface area contributed by atoms with Crippen LogP contribution in [-0.4, -0.2) is 49.2 Å². The lowest BCUT2D eigenvalue weighted by atomic mass is 10.2. The smallest absolute Gasteiger partial charge is 0.191 e. The second-order valence-corrected chi connectivity index (χ2v) is 6.75. The van der Waals surface area contributed by atoms with Gasteiger partial charge in [0.15, 0.2) is 17.5 Å². The second-order valence-electron chi connectivity index (χ2n) is 6.75. The summed E-state index contributed by atoms with van der Waals surface area (Å²) < 4.78 is 18.7. The van der Waals surface area contributed by atoms with E-state index in [1.54, 1.807) is 14.2 Å². The number of benzene rings is 2. The van der Waals surface area contributed by atoms with Crippen LogP contribution in [0.25, 0.3) is 5.69 Å². The number of para-hydroxylation sites is 2. The van der Waals surface area contributed by atoms with E-state index in [2.05, 4.69) is 20.7 Å². The van der Waals surface area contributed by atoms with Crippen LogP contribution in [0.15, 0.2) is 65.8 Å². The maximum Gasteiger partial charge on any atom is 0.191 e. The number of methoxy groups -OCH3 is 1. The van der Waals surface area contributed by atoms with Crippen molar-refractivity contribution in [2.45, 2.75) is 12.6 Å². The zero-order valence-corrected chi connectivity index (χ0v) is 17.0. The minimum Gasteiger partial charge on any atom is -0.497 e. The molecule has 1 aliphatic rings. The van der Waals surface area contributed by atoms with Gasteiger partial charge in [0.25, 0.3) is 0 Å². The highest BCUT2D eigenvalue weighted by molar-refractivity contribution is 5.79. The molecule has 2 N–H and O–H groups in total. The highest BCUT2D eigenvalue weighted by atomic mass is 16.6. The average Bonchev–Trinajstić information content (AvgIpc) is 3.28. The number of aliphatic imine (C=N–C) groups is 1. The molecule has 2 aromatic carbocycles. The van der Waals surface area contributed by atoms with Crippen molar-refractivity contribution in [3.63, 3.8) is 0 Å². The zero-order chi connectivity index (χ0) is 20.8. The summed E-state index contributed by atoms with van der Waals surface area (Å²) in [6, 6.07) is 17.4. The molecule has 3 aromatic rings. The number of hydrogen-bond donors (Lipinski definition) is 2. The van der Waals surface area contributed by atoms with E-state index in [4.69, 9.17) is 14.2 Å². The first-order valence-corrected chi connectivity index (χ1v) is 9.77. The van der Waals surface area contributed by atoms with Crippen LogP contribution in [0.3, 0.4) is 0 Å². The van der Waals surface area contributed by atoms with Crippen LogP contribution in [0.4, 0.5) is 0 Å². The number of nitrogens with zero attached hydrogens (tertiary/aromatic N) is 3. The molecule has 0 fully saturated rings. The third-order valence-electron chi connectivity index (χ3n) is 4.71. The summed E-state index contributed by atoms with van der Waals surface area (Å²) >= 11 is 0. The molecule has 0 radical (unpaired) electrons. The van der Waals surface area contributed by atoms with Crippen molar-refractivity contribution < 1.29 is 14.2 Å². The lowest BCUT2D eigenvalue weighted by molar-refractivity contribution is 0.0936. The lowest BCUT2D eigenvalue weighted by Crippen LogP contribution is -2.45. The number of hydrogen-bond acceptors (Lipinski definition) is 5. The van der Waals surface area contributed by atoms with E-state index < -0.39 is 0 Å². The van der Waals surface area contributed by atoms with Crippen molar-refractivity contribution in [3.05, 3.63) is 66.5 Å². The Hall–Kier alpha value is -3.68. The topological polar surface area (TPSA) is 81.9 Å². The summed E-state index contributed by atoms with van der Waals surface area (Å²) in [5.74, 6) is 3.04. The highest BCUT2D eigenvalue weighted by Crippen LogP contribution is 2.30. The van der Waals surface area contributed by atoms with Crippen molar-refractivity contribution >= 4 is 5.96 Å². The van der Waals surface area contributed by atoms with E-state index in [0.29, 0.717) is 25.7 Å². The molecule has 1 aromatic heterocycles. The van der Waals surface area contributed by atoms with Crippen LogP contribution in [-0.2, 0) is 6.54 Å². The van der Waals surface area contributed by atoms with E-state index in [-0.39, 0.29) is 6.10 Å². The van der Waals surface area contributed by atoms with Gasteiger partial charge in [0.2, 0.25) is 0 Å². The molecular formula is C22H25N5O3. The maximum atomic E-state index is 5.96. The van der Waals surface area contributed by atoms with Crippen molar-refractivity contribution in [1.29, 1.82) is 0 Å².